The number of rotatable bonds is 9. The molecule has 0 radical (unpaired) electrons. The lowest BCUT2D eigenvalue weighted by Gasteiger charge is -2.21. The van der Waals surface area contributed by atoms with Crippen molar-refractivity contribution in [2.45, 2.75) is 38.1 Å². The second kappa shape index (κ2) is 9.53. The molecule has 1 atom stereocenters. The molecule has 9 nitrogen and oxygen atoms in total. The summed E-state index contributed by atoms with van der Waals surface area (Å²) in [7, 11) is 0. The maximum Gasteiger partial charge on any atom is 0.180 e. The lowest BCUT2D eigenvalue weighted by atomic mass is 9.96. The summed E-state index contributed by atoms with van der Waals surface area (Å²) in [6.45, 7) is -0.149. The highest BCUT2D eigenvalue weighted by molar-refractivity contribution is 5.93. The number of anilines is 1. The third-order valence-corrected chi connectivity index (χ3v) is 5.77. The molecule has 1 fully saturated rings. The van der Waals surface area contributed by atoms with Gasteiger partial charge in [0.1, 0.15) is 18.6 Å². The third-order valence-electron chi connectivity index (χ3n) is 5.77. The van der Waals surface area contributed by atoms with Gasteiger partial charge in [0.05, 0.1) is 29.8 Å². The minimum Gasteiger partial charge on any atom is -0.388 e. The van der Waals surface area contributed by atoms with Crippen LogP contribution in [0.25, 0.3) is 22.3 Å². The van der Waals surface area contributed by atoms with Gasteiger partial charge in [-0.1, -0.05) is 18.9 Å². The highest BCUT2D eigenvalue weighted by atomic mass is 16.3. The minimum absolute atomic E-state index is 0.0110. The van der Waals surface area contributed by atoms with Crippen LogP contribution >= 0.6 is 0 Å². The number of nitrogens with zero attached hydrogens (tertiary/aromatic N) is 5. The highest BCUT2D eigenvalue weighted by Crippen LogP contribution is 2.38. The van der Waals surface area contributed by atoms with Crippen LogP contribution in [-0.2, 0) is 4.79 Å². The fourth-order valence-electron chi connectivity index (χ4n) is 4.26. The van der Waals surface area contributed by atoms with E-state index in [4.69, 9.17) is 10.2 Å². The van der Waals surface area contributed by atoms with Crippen molar-refractivity contribution in [1.29, 1.82) is 5.26 Å². The molecule has 0 amide bonds. The first-order valence-electron chi connectivity index (χ1n) is 10.5. The first-order chi connectivity index (χ1) is 15.2. The van der Waals surface area contributed by atoms with Crippen LogP contribution in [0.3, 0.4) is 0 Å². The van der Waals surface area contributed by atoms with Crippen LogP contribution in [0.4, 0.5) is 5.82 Å². The normalized spacial score (nSPS) is 15.5. The van der Waals surface area contributed by atoms with Crippen molar-refractivity contribution in [2.24, 2.45) is 5.92 Å². The quantitative estimate of drug-likeness (QED) is 0.454. The average Bonchev–Trinajstić information content (AvgIpc) is 3.55. The maximum absolute atomic E-state index is 11.3. The van der Waals surface area contributed by atoms with Gasteiger partial charge >= 0.3 is 0 Å². The Kier molecular flexibility index (Phi) is 6.38. The van der Waals surface area contributed by atoms with Crippen LogP contribution < -0.4 is 5.32 Å². The minimum atomic E-state index is -0.514. The Hall–Kier alpha value is -3.51. The van der Waals surface area contributed by atoms with Crippen molar-refractivity contribution in [3.05, 3.63) is 36.9 Å². The van der Waals surface area contributed by atoms with E-state index in [0.717, 1.165) is 35.1 Å². The van der Waals surface area contributed by atoms with Crippen LogP contribution in [0.1, 0.15) is 38.1 Å². The van der Waals surface area contributed by atoms with Crippen molar-refractivity contribution >= 4 is 22.6 Å². The monoisotopic (exact) mass is 419 g/mol. The molecule has 0 bridgehead atoms. The third kappa shape index (κ3) is 4.49. The number of H-pyrrole nitrogens is 1. The van der Waals surface area contributed by atoms with Gasteiger partial charge in [-0.2, -0.15) is 10.4 Å². The number of carbonyl (C=O) groups is 1. The Balaban J connectivity index is 1.71. The predicted octanol–water partition coefficient (Wildman–Crippen LogP) is 3.00. The molecule has 0 aliphatic heterocycles. The number of hydrogen-bond donors (Lipinski definition) is 3. The molecule has 3 aromatic rings. The number of ketones is 1. The smallest absolute Gasteiger partial charge is 0.180 e. The Bertz CT molecular complexity index is 1120. The molecule has 1 aliphatic rings. The second-order valence-corrected chi connectivity index (χ2v) is 7.72. The van der Waals surface area contributed by atoms with E-state index in [1.165, 1.54) is 25.2 Å². The Morgan fingerprint density at radius 1 is 1.42 bits per heavy atom. The second-order valence-electron chi connectivity index (χ2n) is 7.72. The summed E-state index contributed by atoms with van der Waals surface area (Å²) < 4.78 is 1.90. The van der Waals surface area contributed by atoms with E-state index >= 15 is 0 Å². The molecule has 4 rings (SSSR count). The molecule has 0 saturated heterocycles. The highest BCUT2D eigenvalue weighted by Gasteiger charge is 2.28. The van der Waals surface area contributed by atoms with Gasteiger partial charge in [-0.25, -0.2) is 9.97 Å². The lowest BCUT2D eigenvalue weighted by Crippen LogP contribution is -2.18. The molecule has 1 unspecified atom stereocenters. The van der Waals surface area contributed by atoms with Crippen molar-refractivity contribution in [1.82, 2.24) is 24.7 Å². The molecule has 1 aliphatic carbocycles. The summed E-state index contributed by atoms with van der Waals surface area (Å²) in [5, 5.41) is 27.2. The lowest BCUT2D eigenvalue weighted by molar-refractivity contribution is -0.117. The van der Waals surface area contributed by atoms with Crippen molar-refractivity contribution in [3.63, 3.8) is 0 Å². The molecule has 31 heavy (non-hydrogen) atoms. The van der Waals surface area contributed by atoms with Crippen LogP contribution in [0.2, 0.25) is 0 Å². The molecule has 9 heteroatoms. The molecule has 3 N–H and O–H groups in total. The maximum atomic E-state index is 11.3. The number of fused-ring (bicyclic) bond motifs is 1. The van der Waals surface area contributed by atoms with Gasteiger partial charge in [-0.05, 0) is 30.9 Å². The number of aromatic nitrogens is 5. The first kappa shape index (κ1) is 20.8. The number of hydrogen-bond acceptors (Lipinski definition) is 7. The van der Waals surface area contributed by atoms with E-state index in [9.17, 15) is 10.1 Å². The summed E-state index contributed by atoms with van der Waals surface area (Å²) in [6, 6.07) is 4.26. The van der Waals surface area contributed by atoms with E-state index < -0.39 is 6.61 Å². The molecule has 160 valence electrons. The van der Waals surface area contributed by atoms with E-state index in [-0.39, 0.29) is 11.8 Å². The van der Waals surface area contributed by atoms with Crippen molar-refractivity contribution in [3.8, 4) is 17.3 Å². The van der Waals surface area contributed by atoms with Gasteiger partial charge in [0.2, 0.25) is 0 Å². The molecular formula is C22H25N7O2. The van der Waals surface area contributed by atoms with Crippen LogP contribution in [0.15, 0.2) is 36.9 Å². The average molecular weight is 419 g/mol. The Morgan fingerprint density at radius 2 is 2.26 bits per heavy atom. The molecule has 1 saturated carbocycles. The van der Waals surface area contributed by atoms with Gasteiger partial charge < -0.3 is 15.4 Å². The van der Waals surface area contributed by atoms with E-state index in [2.05, 4.69) is 26.3 Å². The van der Waals surface area contributed by atoms with Crippen LogP contribution in [-0.4, -0.2) is 48.8 Å². The SMILES string of the molecule is N#CCC(C1CCCC1)n1cc(-c2ncnc3[nH]ccc23)c(NC/C=C/C(=O)CO)n1. The number of aliphatic hydroxyl groups is 1. The number of carbonyl (C=O) groups excluding carboxylic acids is 1. The fourth-order valence-corrected chi connectivity index (χ4v) is 4.26. The molecule has 0 spiro atoms. The van der Waals surface area contributed by atoms with Gasteiger partial charge in [0.25, 0.3) is 0 Å². The molecule has 3 heterocycles. The summed E-state index contributed by atoms with van der Waals surface area (Å²) in [6.07, 6.45) is 13.3. The zero-order valence-electron chi connectivity index (χ0n) is 17.2. The Morgan fingerprint density at radius 3 is 3.03 bits per heavy atom. The number of nitrogens with one attached hydrogen (secondary N) is 2. The van der Waals surface area contributed by atoms with E-state index in [1.54, 1.807) is 6.08 Å². The standard InChI is InChI=1S/C22H25N7O2/c23-9-7-19(15-4-1-2-5-15)29-12-18(20-17-8-11-25-21(17)27-14-26-20)22(28-29)24-10-3-6-16(31)13-30/h3,6,8,11-12,14-15,19,30H,1-2,4-5,7,10,13H2,(H,24,28)(H,25,26,27)/b6-3+. The van der Waals surface area contributed by atoms with Crippen LogP contribution in [0, 0.1) is 17.2 Å². The van der Waals surface area contributed by atoms with Crippen LogP contribution in [0.5, 0.6) is 0 Å². The van der Waals surface area contributed by atoms with E-state index in [0.29, 0.717) is 24.7 Å². The summed E-state index contributed by atoms with van der Waals surface area (Å²) in [5.41, 5.74) is 2.30. The fraction of sp³-hybridized carbons (Fsp3) is 0.409. The number of nitriles is 1. The van der Waals surface area contributed by atoms with Gasteiger partial charge in [0, 0.05) is 24.3 Å². The van der Waals surface area contributed by atoms with E-state index in [1.807, 2.05) is 23.1 Å². The van der Waals surface area contributed by atoms with Gasteiger partial charge in [0.15, 0.2) is 11.6 Å². The van der Waals surface area contributed by atoms with Gasteiger partial charge in [-0.15, -0.1) is 0 Å². The molecule has 3 aromatic heterocycles. The number of aromatic amines is 1. The topological polar surface area (TPSA) is 133 Å². The summed E-state index contributed by atoms with van der Waals surface area (Å²) >= 11 is 0. The van der Waals surface area contributed by atoms with Crippen molar-refractivity contribution in [2.75, 3.05) is 18.5 Å². The molecule has 0 aromatic carbocycles. The predicted molar refractivity (Wildman–Crippen MR) is 116 cm³/mol. The first-order valence-corrected chi connectivity index (χ1v) is 10.5. The van der Waals surface area contributed by atoms with Crippen molar-refractivity contribution < 1.29 is 9.90 Å². The Labute approximate surface area is 179 Å². The zero-order chi connectivity index (χ0) is 21.6. The number of aliphatic hydroxyl groups excluding tert-OH is 1. The van der Waals surface area contributed by atoms with Gasteiger partial charge in [-0.3, -0.25) is 9.48 Å². The summed E-state index contributed by atoms with van der Waals surface area (Å²) in [4.78, 5) is 23.2. The molecular weight excluding hydrogens is 394 g/mol. The zero-order valence-corrected chi connectivity index (χ0v) is 17.2. The largest absolute Gasteiger partial charge is 0.388 e. The summed E-state index contributed by atoms with van der Waals surface area (Å²) in [5.74, 6) is 0.705.